The van der Waals surface area contributed by atoms with E-state index in [4.69, 9.17) is 23.4 Å². The average Bonchev–Trinajstić information content (AvgIpc) is 2.86. The fourth-order valence-electron chi connectivity index (χ4n) is 3.41. The lowest BCUT2D eigenvalue weighted by Crippen LogP contribution is -2.03. The lowest BCUT2D eigenvalue weighted by molar-refractivity contribution is 0.0600. The Hall–Kier alpha value is -4.26. The van der Waals surface area contributed by atoms with Crippen LogP contribution < -0.4 is 19.8 Å². The van der Waals surface area contributed by atoms with E-state index in [9.17, 15) is 9.59 Å². The second kappa shape index (κ2) is 9.48. The van der Waals surface area contributed by atoms with E-state index < -0.39 is 5.63 Å². The van der Waals surface area contributed by atoms with Gasteiger partial charge in [-0.3, -0.25) is 0 Å². The number of carbonyl (C=O) groups excluding carboxylic acids is 1. The lowest BCUT2D eigenvalue weighted by atomic mass is 10.1. The summed E-state index contributed by atoms with van der Waals surface area (Å²) in [5.74, 6) is 1.27. The minimum atomic E-state index is -0.467. The molecule has 4 rings (SSSR count). The molecule has 7 nitrogen and oxygen atoms in total. The number of ether oxygens (including phenoxy) is 4. The molecule has 1 aromatic heterocycles. The van der Waals surface area contributed by atoms with Gasteiger partial charge in [-0.05, 0) is 53.6 Å². The van der Waals surface area contributed by atoms with Gasteiger partial charge in [0.1, 0.15) is 17.9 Å². The van der Waals surface area contributed by atoms with Crippen LogP contribution in [0.2, 0.25) is 0 Å². The molecule has 7 heteroatoms. The Kier molecular flexibility index (Phi) is 6.31. The Morgan fingerprint density at radius 2 is 1.61 bits per heavy atom. The molecule has 0 aliphatic rings. The maximum atomic E-state index is 12.7. The molecule has 1 heterocycles. The van der Waals surface area contributed by atoms with Gasteiger partial charge in [-0.15, -0.1) is 0 Å². The van der Waals surface area contributed by atoms with E-state index in [1.165, 1.54) is 7.11 Å². The quantitative estimate of drug-likeness (QED) is 0.297. The van der Waals surface area contributed by atoms with Gasteiger partial charge in [-0.2, -0.15) is 0 Å². The normalized spacial score (nSPS) is 10.6. The van der Waals surface area contributed by atoms with Crippen molar-refractivity contribution >= 4 is 16.9 Å². The number of esters is 1. The third-order valence-electron chi connectivity index (χ3n) is 5.18. The lowest BCUT2D eigenvalue weighted by Gasteiger charge is -2.10. The highest BCUT2D eigenvalue weighted by atomic mass is 16.5. The maximum absolute atomic E-state index is 12.7. The fourth-order valence-corrected chi connectivity index (χ4v) is 3.41. The summed E-state index contributed by atoms with van der Waals surface area (Å²) in [6.45, 7) is 0.293. The molecule has 0 fully saturated rings. The Labute approximate surface area is 190 Å². The van der Waals surface area contributed by atoms with Crippen LogP contribution in [0.5, 0.6) is 17.2 Å². The van der Waals surface area contributed by atoms with Crippen molar-refractivity contribution in [2.24, 2.45) is 0 Å². The molecule has 0 aliphatic heterocycles. The summed E-state index contributed by atoms with van der Waals surface area (Å²) in [6.07, 6.45) is 0. The zero-order chi connectivity index (χ0) is 23.4. The fraction of sp³-hybridized carbons (Fsp3) is 0.154. The van der Waals surface area contributed by atoms with E-state index in [1.807, 2.05) is 12.1 Å². The first-order valence-electron chi connectivity index (χ1n) is 10.1. The zero-order valence-electron chi connectivity index (χ0n) is 18.4. The van der Waals surface area contributed by atoms with E-state index in [0.29, 0.717) is 46.1 Å². The molecule has 4 aromatic rings. The highest BCUT2D eigenvalue weighted by molar-refractivity contribution is 5.89. The summed E-state index contributed by atoms with van der Waals surface area (Å²) < 4.78 is 26.7. The molecular formula is C26H22O7. The first kappa shape index (κ1) is 22.0. The van der Waals surface area contributed by atoms with Crippen molar-refractivity contribution in [3.8, 4) is 28.4 Å². The molecule has 0 spiro atoms. The number of methoxy groups -OCH3 is 3. The van der Waals surface area contributed by atoms with Crippen LogP contribution in [0.4, 0.5) is 0 Å². The van der Waals surface area contributed by atoms with Gasteiger partial charge in [0.05, 0.1) is 32.5 Å². The summed E-state index contributed by atoms with van der Waals surface area (Å²) in [6, 6.07) is 19.3. The van der Waals surface area contributed by atoms with Gasteiger partial charge >= 0.3 is 11.6 Å². The van der Waals surface area contributed by atoms with Crippen LogP contribution in [0.15, 0.2) is 75.9 Å². The van der Waals surface area contributed by atoms with Gasteiger partial charge in [0.25, 0.3) is 0 Å². The van der Waals surface area contributed by atoms with E-state index in [0.717, 1.165) is 10.9 Å². The summed E-state index contributed by atoms with van der Waals surface area (Å²) in [4.78, 5) is 24.2. The Morgan fingerprint density at radius 3 is 2.30 bits per heavy atom. The molecule has 0 saturated carbocycles. The van der Waals surface area contributed by atoms with Gasteiger partial charge in [0.2, 0.25) is 0 Å². The predicted molar refractivity (Wildman–Crippen MR) is 123 cm³/mol. The summed E-state index contributed by atoms with van der Waals surface area (Å²) in [5.41, 5.74) is 2.39. The van der Waals surface area contributed by atoms with Crippen LogP contribution in [0, 0.1) is 0 Å². The molecule has 0 saturated heterocycles. The number of carbonyl (C=O) groups is 1. The van der Waals surface area contributed by atoms with Crippen molar-refractivity contribution in [1.29, 1.82) is 0 Å². The monoisotopic (exact) mass is 446 g/mol. The first-order chi connectivity index (χ1) is 16.0. The molecule has 168 valence electrons. The van der Waals surface area contributed by atoms with Crippen LogP contribution in [0.3, 0.4) is 0 Å². The van der Waals surface area contributed by atoms with E-state index >= 15 is 0 Å². The molecule has 0 N–H and O–H groups in total. The first-order valence-corrected chi connectivity index (χ1v) is 10.1. The third-order valence-corrected chi connectivity index (χ3v) is 5.18. The average molecular weight is 446 g/mol. The van der Waals surface area contributed by atoms with Crippen molar-refractivity contribution in [2.45, 2.75) is 6.61 Å². The van der Waals surface area contributed by atoms with Crippen molar-refractivity contribution in [3.05, 3.63) is 88.3 Å². The molecule has 0 radical (unpaired) electrons. The molecule has 0 unspecified atom stereocenters. The van der Waals surface area contributed by atoms with Crippen LogP contribution in [0.25, 0.3) is 22.1 Å². The third kappa shape index (κ3) is 4.67. The number of hydrogen-bond donors (Lipinski definition) is 0. The number of hydrogen-bond acceptors (Lipinski definition) is 7. The molecular weight excluding hydrogens is 424 g/mol. The van der Waals surface area contributed by atoms with Gasteiger partial charge in [0.15, 0.2) is 11.5 Å². The Bertz CT molecular complexity index is 1350. The number of fused-ring (bicyclic) bond motifs is 1. The van der Waals surface area contributed by atoms with Gasteiger partial charge in [-0.25, -0.2) is 9.59 Å². The smallest absolute Gasteiger partial charge is 0.344 e. The molecule has 0 bridgehead atoms. The molecule has 3 aromatic carbocycles. The largest absolute Gasteiger partial charge is 0.493 e. The van der Waals surface area contributed by atoms with Crippen LogP contribution in [-0.4, -0.2) is 27.3 Å². The van der Waals surface area contributed by atoms with Gasteiger partial charge in [0, 0.05) is 11.5 Å². The van der Waals surface area contributed by atoms with Crippen LogP contribution >= 0.6 is 0 Å². The SMILES string of the molecule is COC(=O)c1ccc(COc2ccc3cc(-c4ccc(OC)c(OC)c4)c(=O)oc3c2)cc1. The van der Waals surface area contributed by atoms with Crippen LogP contribution in [-0.2, 0) is 11.3 Å². The summed E-state index contributed by atoms with van der Waals surface area (Å²) in [5, 5.41) is 0.758. The minimum absolute atomic E-state index is 0.293. The maximum Gasteiger partial charge on any atom is 0.344 e. The topological polar surface area (TPSA) is 84.2 Å². The standard InChI is InChI=1S/C26H22O7/c1-29-22-11-9-18(13-24(22)30-2)21-12-19-8-10-20(14-23(19)33-26(21)28)32-15-16-4-6-17(7-5-16)25(27)31-3/h4-14H,15H2,1-3H3. The summed E-state index contributed by atoms with van der Waals surface area (Å²) >= 11 is 0. The minimum Gasteiger partial charge on any atom is -0.493 e. The number of rotatable bonds is 7. The van der Waals surface area contributed by atoms with E-state index in [1.54, 1.807) is 68.8 Å². The van der Waals surface area contributed by atoms with Gasteiger partial charge in [-0.1, -0.05) is 18.2 Å². The van der Waals surface area contributed by atoms with Crippen molar-refractivity contribution in [3.63, 3.8) is 0 Å². The second-order valence-electron chi connectivity index (χ2n) is 7.19. The Morgan fingerprint density at radius 1 is 0.848 bits per heavy atom. The molecule has 0 atom stereocenters. The van der Waals surface area contributed by atoms with Crippen LogP contribution in [0.1, 0.15) is 15.9 Å². The molecule has 0 aliphatic carbocycles. The van der Waals surface area contributed by atoms with Crippen molar-refractivity contribution in [1.82, 2.24) is 0 Å². The molecule has 33 heavy (non-hydrogen) atoms. The number of benzene rings is 3. The highest BCUT2D eigenvalue weighted by Gasteiger charge is 2.12. The van der Waals surface area contributed by atoms with Gasteiger partial charge < -0.3 is 23.4 Å². The van der Waals surface area contributed by atoms with E-state index in [2.05, 4.69) is 0 Å². The molecule has 0 amide bonds. The second-order valence-corrected chi connectivity index (χ2v) is 7.19. The van der Waals surface area contributed by atoms with Crippen molar-refractivity contribution in [2.75, 3.05) is 21.3 Å². The zero-order valence-corrected chi connectivity index (χ0v) is 18.4. The Balaban J connectivity index is 1.55. The van der Waals surface area contributed by atoms with E-state index in [-0.39, 0.29) is 5.97 Å². The van der Waals surface area contributed by atoms with Crippen molar-refractivity contribution < 1.29 is 28.2 Å². The predicted octanol–water partition coefficient (Wildman–Crippen LogP) is 4.84. The summed E-state index contributed by atoms with van der Waals surface area (Å²) in [7, 11) is 4.44. The highest BCUT2D eigenvalue weighted by Crippen LogP contribution is 2.32.